The molecule has 1 fully saturated rings. The van der Waals surface area contributed by atoms with Crippen molar-refractivity contribution in [3.05, 3.63) is 29.8 Å². The molecule has 88 valence electrons. The topological polar surface area (TPSA) is 82.0 Å². The second-order valence-electron chi connectivity index (χ2n) is 3.69. The first-order valence-electron chi connectivity index (χ1n) is 4.99. The molecule has 17 heavy (non-hydrogen) atoms. The number of likely N-dealkylation sites (N-methyl/N-ethyl adjacent to an activating group) is 1. The minimum atomic E-state index is -0.464. The molecule has 1 heterocycles. The largest absolute Gasteiger partial charge is 0.508 e. The van der Waals surface area contributed by atoms with Crippen LogP contribution in [0.25, 0.3) is 0 Å². The summed E-state index contributed by atoms with van der Waals surface area (Å²) in [6, 6.07) is 5.76. The standard InChI is InChI=1S/C11H11N3O3/c1-14-6-9(16)12-11(14)13-10(17)7-2-4-8(15)5-3-7/h2-5,15H,6H2,1H3,(H,12,13,16,17). The number of aliphatic imine (C=N–C) groups is 1. The summed E-state index contributed by atoms with van der Waals surface area (Å²) in [5, 5.41) is 11.6. The molecular formula is C11H11N3O3. The second-order valence-corrected chi connectivity index (χ2v) is 3.69. The van der Waals surface area contributed by atoms with Crippen LogP contribution in [0.3, 0.4) is 0 Å². The van der Waals surface area contributed by atoms with Crippen molar-refractivity contribution in [2.24, 2.45) is 4.99 Å². The summed E-state index contributed by atoms with van der Waals surface area (Å²) in [5.41, 5.74) is 0.352. The van der Waals surface area contributed by atoms with E-state index in [0.717, 1.165) is 0 Å². The van der Waals surface area contributed by atoms with Crippen molar-refractivity contribution in [3.63, 3.8) is 0 Å². The summed E-state index contributed by atoms with van der Waals surface area (Å²) >= 11 is 0. The molecule has 1 aliphatic heterocycles. The maximum atomic E-state index is 11.7. The van der Waals surface area contributed by atoms with Crippen molar-refractivity contribution in [1.82, 2.24) is 10.2 Å². The Morgan fingerprint density at radius 3 is 2.59 bits per heavy atom. The van der Waals surface area contributed by atoms with E-state index in [1.54, 1.807) is 11.9 Å². The first kappa shape index (κ1) is 11.1. The third-order valence-electron chi connectivity index (χ3n) is 2.32. The lowest BCUT2D eigenvalue weighted by Gasteiger charge is -2.07. The molecule has 0 aliphatic carbocycles. The van der Waals surface area contributed by atoms with Crippen LogP contribution in [0.4, 0.5) is 0 Å². The number of phenolic OH excluding ortho intramolecular Hbond substituents is 1. The molecule has 0 atom stereocenters. The highest BCUT2D eigenvalue weighted by Crippen LogP contribution is 2.10. The fourth-order valence-corrected chi connectivity index (χ4v) is 1.43. The number of phenols is 1. The van der Waals surface area contributed by atoms with E-state index in [0.29, 0.717) is 5.56 Å². The lowest BCUT2D eigenvalue weighted by atomic mass is 10.2. The van der Waals surface area contributed by atoms with Crippen LogP contribution in [0.1, 0.15) is 10.4 Å². The molecule has 0 spiro atoms. The van der Waals surface area contributed by atoms with Gasteiger partial charge in [0, 0.05) is 12.6 Å². The second kappa shape index (κ2) is 4.25. The number of guanidine groups is 1. The zero-order valence-corrected chi connectivity index (χ0v) is 9.17. The van der Waals surface area contributed by atoms with Crippen LogP contribution in [-0.2, 0) is 4.79 Å². The Balaban J connectivity index is 2.19. The molecule has 2 rings (SSSR count). The van der Waals surface area contributed by atoms with Crippen LogP contribution < -0.4 is 5.32 Å². The Kier molecular flexibility index (Phi) is 2.78. The number of carbonyl (C=O) groups excluding carboxylic acids is 2. The molecule has 2 N–H and O–H groups in total. The summed E-state index contributed by atoms with van der Waals surface area (Å²) in [4.78, 5) is 28.1. The number of hydrogen-bond acceptors (Lipinski definition) is 3. The van der Waals surface area contributed by atoms with Gasteiger partial charge in [-0.25, -0.2) is 0 Å². The first-order valence-corrected chi connectivity index (χ1v) is 4.99. The highest BCUT2D eigenvalue weighted by atomic mass is 16.3. The number of hydrogen-bond donors (Lipinski definition) is 2. The third kappa shape index (κ3) is 2.41. The Morgan fingerprint density at radius 1 is 1.41 bits per heavy atom. The van der Waals surface area contributed by atoms with Gasteiger partial charge in [-0.1, -0.05) is 0 Å². The quantitative estimate of drug-likeness (QED) is 0.712. The number of nitrogens with zero attached hydrogens (tertiary/aromatic N) is 2. The van der Waals surface area contributed by atoms with Gasteiger partial charge in [0.15, 0.2) is 0 Å². The van der Waals surface area contributed by atoms with Crippen LogP contribution in [0.15, 0.2) is 29.3 Å². The van der Waals surface area contributed by atoms with E-state index in [-0.39, 0.29) is 24.2 Å². The number of benzene rings is 1. The Labute approximate surface area is 97.6 Å². The van der Waals surface area contributed by atoms with Crippen LogP contribution in [0, 0.1) is 0 Å². The molecule has 1 saturated heterocycles. The monoisotopic (exact) mass is 233 g/mol. The normalized spacial score (nSPS) is 17.4. The zero-order valence-electron chi connectivity index (χ0n) is 9.17. The summed E-state index contributed by atoms with van der Waals surface area (Å²) in [6.45, 7) is 0.196. The lowest BCUT2D eigenvalue weighted by Crippen LogP contribution is -2.28. The molecule has 0 aromatic heterocycles. The van der Waals surface area contributed by atoms with Gasteiger partial charge in [0.1, 0.15) is 5.75 Å². The van der Waals surface area contributed by atoms with Crippen LogP contribution in [0.5, 0.6) is 5.75 Å². The van der Waals surface area contributed by atoms with Gasteiger partial charge in [-0.3, -0.25) is 14.9 Å². The SMILES string of the molecule is CN1CC(=O)NC1=NC(=O)c1ccc(O)cc1. The Bertz CT molecular complexity index is 493. The van der Waals surface area contributed by atoms with Gasteiger partial charge in [-0.05, 0) is 24.3 Å². The maximum Gasteiger partial charge on any atom is 0.280 e. The number of nitrogens with one attached hydrogen (secondary N) is 1. The smallest absolute Gasteiger partial charge is 0.280 e. The first-order chi connectivity index (χ1) is 8.06. The average Bonchev–Trinajstić information content (AvgIpc) is 2.58. The van der Waals surface area contributed by atoms with E-state index in [1.807, 2.05) is 0 Å². The van der Waals surface area contributed by atoms with Gasteiger partial charge in [0.25, 0.3) is 5.91 Å². The van der Waals surface area contributed by atoms with Crippen LogP contribution in [0.2, 0.25) is 0 Å². The maximum absolute atomic E-state index is 11.7. The lowest BCUT2D eigenvalue weighted by molar-refractivity contribution is -0.118. The van der Waals surface area contributed by atoms with Crippen molar-refractivity contribution < 1.29 is 14.7 Å². The molecular weight excluding hydrogens is 222 g/mol. The number of carbonyl (C=O) groups is 2. The molecule has 0 unspecified atom stereocenters. The highest BCUT2D eigenvalue weighted by Gasteiger charge is 2.22. The minimum absolute atomic E-state index is 0.0838. The van der Waals surface area contributed by atoms with Gasteiger partial charge in [-0.2, -0.15) is 4.99 Å². The van der Waals surface area contributed by atoms with Crippen LogP contribution >= 0.6 is 0 Å². The van der Waals surface area contributed by atoms with Crippen molar-refractivity contribution in [1.29, 1.82) is 0 Å². The van der Waals surface area contributed by atoms with E-state index in [4.69, 9.17) is 5.11 Å². The summed E-state index contributed by atoms with van der Waals surface area (Å²) in [5.74, 6) is -0.327. The van der Waals surface area contributed by atoms with Gasteiger partial charge in [-0.15, -0.1) is 0 Å². The van der Waals surface area contributed by atoms with Gasteiger partial charge >= 0.3 is 0 Å². The van der Waals surface area contributed by atoms with Crippen molar-refractivity contribution in [2.45, 2.75) is 0 Å². The molecule has 0 radical (unpaired) electrons. The Morgan fingerprint density at radius 2 is 2.06 bits per heavy atom. The molecule has 0 bridgehead atoms. The fraction of sp³-hybridized carbons (Fsp3) is 0.182. The number of amides is 2. The molecule has 6 heteroatoms. The molecule has 1 aliphatic rings. The van der Waals surface area contributed by atoms with Gasteiger partial charge in [0.2, 0.25) is 11.9 Å². The zero-order chi connectivity index (χ0) is 12.4. The highest BCUT2D eigenvalue weighted by molar-refractivity contribution is 6.10. The average molecular weight is 233 g/mol. The van der Waals surface area contributed by atoms with E-state index in [2.05, 4.69) is 10.3 Å². The minimum Gasteiger partial charge on any atom is -0.508 e. The third-order valence-corrected chi connectivity index (χ3v) is 2.32. The fourth-order valence-electron chi connectivity index (χ4n) is 1.43. The van der Waals surface area contributed by atoms with Crippen molar-refractivity contribution in [3.8, 4) is 5.75 Å². The van der Waals surface area contributed by atoms with E-state index < -0.39 is 5.91 Å². The molecule has 0 saturated carbocycles. The summed E-state index contributed by atoms with van der Waals surface area (Å²) < 4.78 is 0. The summed E-state index contributed by atoms with van der Waals surface area (Å²) in [7, 11) is 1.67. The summed E-state index contributed by atoms with van der Waals surface area (Å²) in [6.07, 6.45) is 0. The van der Waals surface area contributed by atoms with Crippen molar-refractivity contribution >= 4 is 17.8 Å². The molecule has 6 nitrogen and oxygen atoms in total. The van der Waals surface area contributed by atoms with Crippen molar-refractivity contribution in [2.75, 3.05) is 13.6 Å². The molecule has 1 aromatic rings. The van der Waals surface area contributed by atoms with E-state index in [1.165, 1.54) is 24.3 Å². The van der Waals surface area contributed by atoms with E-state index in [9.17, 15) is 9.59 Å². The molecule has 1 aromatic carbocycles. The van der Waals surface area contributed by atoms with Gasteiger partial charge < -0.3 is 10.0 Å². The molecule has 2 amide bonds. The number of aromatic hydroxyl groups is 1. The Hall–Kier alpha value is -2.37. The van der Waals surface area contributed by atoms with Crippen LogP contribution in [-0.4, -0.2) is 41.4 Å². The van der Waals surface area contributed by atoms with E-state index >= 15 is 0 Å². The predicted molar refractivity (Wildman–Crippen MR) is 60.6 cm³/mol. The predicted octanol–water partition coefficient (Wildman–Crippen LogP) is -0.0500. The van der Waals surface area contributed by atoms with Gasteiger partial charge in [0.05, 0.1) is 6.54 Å². The number of rotatable bonds is 1.